The van der Waals surface area contributed by atoms with E-state index in [-0.39, 0.29) is 49.6 Å². The lowest BCUT2D eigenvalue weighted by Crippen LogP contribution is -2.39. The Bertz CT molecular complexity index is 617. The molecule has 0 saturated carbocycles. The Labute approximate surface area is 152 Å². The maximum absolute atomic E-state index is 11.9. The van der Waals surface area contributed by atoms with Crippen LogP contribution in [0.1, 0.15) is 34.8 Å². The van der Waals surface area contributed by atoms with Gasteiger partial charge in [-0.2, -0.15) is 0 Å². The van der Waals surface area contributed by atoms with Crippen LogP contribution < -0.4 is 15.8 Å². The van der Waals surface area contributed by atoms with E-state index in [4.69, 9.17) is 10.5 Å². The summed E-state index contributed by atoms with van der Waals surface area (Å²) in [5, 5.41) is 4.81. The van der Waals surface area contributed by atoms with Crippen LogP contribution in [-0.4, -0.2) is 50.9 Å². The number of halogens is 1. The molecule has 1 aliphatic rings. The molecule has 138 valence electrons. The molecule has 1 amide bonds. The van der Waals surface area contributed by atoms with Crippen LogP contribution >= 0.6 is 23.7 Å². The number of rotatable bonds is 8. The van der Waals surface area contributed by atoms with E-state index < -0.39 is 15.9 Å². The quantitative estimate of drug-likeness (QED) is 0.576. The minimum Gasteiger partial charge on any atom is -0.377 e. The molecule has 1 fully saturated rings. The van der Waals surface area contributed by atoms with E-state index in [9.17, 15) is 13.2 Å². The summed E-state index contributed by atoms with van der Waals surface area (Å²) in [6.45, 7) is 1.26. The van der Waals surface area contributed by atoms with Crippen LogP contribution in [0.5, 0.6) is 0 Å². The Hall–Kier alpha value is -0.780. The van der Waals surface area contributed by atoms with E-state index in [1.54, 1.807) is 5.38 Å². The Kier molecular flexibility index (Phi) is 9.09. The van der Waals surface area contributed by atoms with Crippen molar-refractivity contribution in [2.45, 2.75) is 31.9 Å². The van der Waals surface area contributed by atoms with Gasteiger partial charge in [0.25, 0.3) is 5.91 Å². The summed E-state index contributed by atoms with van der Waals surface area (Å²) in [6, 6.07) is 0. The zero-order valence-corrected chi connectivity index (χ0v) is 15.6. The summed E-state index contributed by atoms with van der Waals surface area (Å²) in [5.74, 6) is -0.578. The monoisotopic (exact) mass is 398 g/mol. The van der Waals surface area contributed by atoms with Crippen LogP contribution in [0.3, 0.4) is 0 Å². The van der Waals surface area contributed by atoms with Gasteiger partial charge in [-0.3, -0.25) is 4.79 Å². The van der Waals surface area contributed by atoms with E-state index in [1.165, 1.54) is 11.3 Å². The van der Waals surface area contributed by atoms with E-state index in [0.717, 1.165) is 19.3 Å². The molecule has 0 aliphatic carbocycles. The molecule has 1 aromatic heterocycles. The standard InChI is InChI=1S/C13H22N4O4S2.ClH/c14-7-12-17-11(9-22-12)13(18)15-4-6-23(19,20)16-8-10-3-1-2-5-21-10;/h9-10,16H,1-8,14H2,(H,15,18);1H. The normalized spacial score (nSPS) is 18.0. The summed E-state index contributed by atoms with van der Waals surface area (Å²) in [7, 11) is -3.44. The van der Waals surface area contributed by atoms with E-state index in [0.29, 0.717) is 11.6 Å². The molecule has 4 N–H and O–H groups in total. The highest BCUT2D eigenvalue weighted by molar-refractivity contribution is 7.89. The number of sulfonamides is 1. The lowest BCUT2D eigenvalue weighted by atomic mass is 10.1. The largest absolute Gasteiger partial charge is 0.377 e. The molecule has 1 atom stereocenters. The number of carbonyl (C=O) groups is 1. The van der Waals surface area contributed by atoms with Gasteiger partial charge in [0.15, 0.2) is 0 Å². The van der Waals surface area contributed by atoms with Crippen molar-refractivity contribution in [3.05, 3.63) is 16.1 Å². The van der Waals surface area contributed by atoms with Gasteiger partial charge >= 0.3 is 0 Å². The molecule has 0 spiro atoms. The zero-order chi connectivity index (χ0) is 16.7. The van der Waals surface area contributed by atoms with Crippen molar-refractivity contribution >= 4 is 39.7 Å². The van der Waals surface area contributed by atoms with Crippen LogP contribution in [0.2, 0.25) is 0 Å². The number of nitrogens with two attached hydrogens (primary N) is 1. The van der Waals surface area contributed by atoms with Gasteiger partial charge in [0.05, 0.1) is 11.9 Å². The summed E-state index contributed by atoms with van der Waals surface area (Å²) in [5.41, 5.74) is 5.69. The Morgan fingerprint density at radius 3 is 2.88 bits per heavy atom. The maximum atomic E-state index is 11.9. The molecule has 8 nitrogen and oxygen atoms in total. The SMILES string of the molecule is Cl.NCc1nc(C(=O)NCCS(=O)(=O)NCC2CCCCO2)cs1. The number of hydrogen-bond donors (Lipinski definition) is 3. The van der Waals surface area contributed by atoms with Crippen molar-refractivity contribution in [3.63, 3.8) is 0 Å². The third-order valence-corrected chi connectivity index (χ3v) is 5.64. The second kappa shape index (κ2) is 10.3. The van der Waals surface area contributed by atoms with Crippen molar-refractivity contribution < 1.29 is 17.9 Å². The number of thiazole rings is 1. The van der Waals surface area contributed by atoms with Crippen LogP contribution in [0.15, 0.2) is 5.38 Å². The first-order valence-electron chi connectivity index (χ1n) is 7.52. The van der Waals surface area contributed by atoms with Crippen LogP contribution in [-0.2, 0) is 21.3 Å². The fraction of sp³-hybridized carbons (Fsp3) is 0.692. The molecule has 2 rings (SSSR count). The maximum Gasteiger partial charge on any atom is 0.270 e. The molecule has 0 bridgehead atoms. The predicted molar refractivity (Wildman–Crippen MR) is 95.0 cm³/mol. The molecule has 11 heteroatoms. The minimum atomic E-state index is -3.44. The highest BCUT2D eigenvalue weighted by atomic mass is 35.5. The lowest BCUT2D eigenvalue weighted by molar-refractivity contribution is 0.0200. The molecular weight excluding hydrogens is 376 g/mol. The average molecular weight is 399 g/mol. The fourth-order valence-corrected chi connectivity index (χ4v) is 3.77. The Morgan fingerprint density at radius 1 is 1.46 bits per heavy atom. The highest BCUT2D eigenvalue weighted by Crippen LogP contribution is 2.12. The highest BCUT2D eigenvalue weighted by Gasteiger charge is 2.18. The van der Waals surface area contributed by atoms with Gasteiger partial charge in [-0.25, -0.2) is 18.1 Å². The molecule has 2 heterocycles. The third kappa shape index (κ3) is 6.99. The molecule has 0 aromatic carbocycles. The summed E-state index contributed by atoms with van der Waals surface area (Å²) in [6.07, 6.45) is 2.89. The van der Waals surface area contributed by atoms with Crippen LogP contribution in [0.25, 0.3) is 0 Å². The number of hydrogen-bond acceptors (Lipinski definition) is 7. The third-order valence-electron chi connectivity index (χ3n) is 3.42. The van der Waals surface area contributed by atoms with E-state index >= 15 is 0 Å². The van der Waals surface area contributed by atoms with Crippen LogP contribution in [0.4, 0.5) is 0 Å². The predicted octanol–water partition coefficient (Wildman–Crippen LogP) is 0.242. The number of ether oxygens (including phenoxy) is 1. The number of nitrogens with one attached hydrogen (secondary N) is 2. The number of carbonyl (C=O) groups excluding carboxylic acids is 1. The van der Waals surface area contributed by atoms with Gasteiger partial charge in [-0.05, 0) is 19.3 Å². The van der Waals surface area contributed by atoms with Crippen molar-refractivity contribution in [2.75, 3.05) is 25.4 Å². The average Bonchev–Trinajstić information content (AvgIpc) is 3.03. The Morgan fingerprint density at radius 2 is 2.25 bits per heavy atom. The summed E-state index contributed by atoms with van der Waals surface area (Å²) >= 11 is 1.30. The lowest BCUT2D eigenvalue weighted by Gasteiger charge is -2.22. The van der Waals surface area contributed by atoms with Crippen molar-refractivity contribution in [3.8, 4) is 0 Å². The first kappa shape index (κ1) is 21.3. The first-order chi connectivity index (χ1) is 11.0. The molecule has 0 radical (unpaired) electrons. The van der Waals surface area contributed by atoms with E-state index in [1.807, 2.05) is 0 Å². The molecule has 1 aliphatic heterocycles. The number of nitrogens with zero attached hydrogens (tertiary/aromatic N) is 1. The topological polar surface area (TPSA) is 123 Å². The number of aromatic nitrogens is 1. The summed E-state index contributed by atoms with van der Waals surface area (Å²) < 4.78 is 31.8. The fourth-order valence-electron chi connectivity index (χ4n) is 2.16. The molecular formula is C13H23ClN4O4S2. The smallest absolute Gasteiger partial charge is 0.270 e. The Balaban J connectivity index is 0.00000288. The summed E-state index contributed by atoms with van der Waals surface area (Å²) in [4.78, 5) is 15.9. The first-order valence-corrected chi connectivity index (χ1v) is 10.0. The van der Waals surface area contributed by atoms with Crippen molar-refractivity contribution in [2.24, 2.45) is 5.73 Å². The van der Waals surface area contributed by atoms with Gasteiger partial charge < -0.3 is 15.8 Å². The zero-order valence-electron chi connectivity index (χ0n) is 13.2. The van der Waals surface area contributed by atoms with Gasteiger partial charge in [0, 0.05) is 31.6 Å². The van der Waals surface area contributed by atoms with Gasteiger partial charge in [0.1, 0.15) is 10.7 Å². The second-order valence-corrected chi connectivity index (χ2v) is 8.11. The van der Waals surface area contributed by atoms with Crippen molar-refractivity contribution in [1.82, 2.24) is 15.0 Å². The van der Waals surface area contributed by atoms with Gasteiger partial charge in [0.2, 0.25) is 10.0 Å². The van der Waals surface area contributed by atoms with Gasteiger partial charge in [-0.15, -0.1) is 23.7 Å². The number of amides is 1. The molecule has 24 heavy (non-hydrogen) atoms. The van der Waals surface area contributed by atoms with Crippen LogP contribution in [0, 0.1) is 0 Å². The molecule has 1 aromatic rings. The molecule has 1 unspecified atom stereocenters. The minimum absolute atomic E-state index is 0. The van der Waals surface area contributed by atoms with Crippen molar-refractivity contribution in [1.29, 1.82) is 0 Å². The van der Waals surface area contributed by atoms with E-state index in [2.05, 4.69) is 15.0 Å². The second-order valence-electron chi connectivity index (χ2n) is 5.24. The van der Waals surface area contributed by atoms with Gasteiger partial charge in [-0.1, -0.05) is 0 Å². The molecule has 1 saturated heterocycles.